The number of fused-ring (bicyclic) bond motifs is 1. The molecule has 2 fully saturated rings. The lowest BCUT2D eigenvalue weighted by molar-refractivity contribution is -0.140. The van der Waals surface area contributed by atoms with E-state index in [-0.39, 0.29) is 35.5 Å². The van der Waals surface area contributed by atoms with Gasteiger partial charge in [-0.2, -0.15) is 10.1 Å². The van der Waals surface area contributed by atoms with Crippen LogP contribution in [0.3, 0.4) is 0 Å². The van der Waals surface area contributed by atoms with E-state index in [2.05, 4.69) is 53.0 Å². The highest BCUT2D eigenvalue weighted by Crippen LogP contribution is 2.49. The van der Waals surface area contributed by atoms with Gasteiger partial charge in [-0.1, -0.05) is 29.8 Å². The van der Waals surface area contributed by atoms with Gasteiger partial charge in [0.2, 0.25) is 0 Å². The molecular formula is C24H25N3O2. The van der Waals surface area contributed by atoms with E-state index in [1.165, 1.54) is 5.56 Å². The summed E-state index contributed by atoms with van der Waals surface area (Å²) >= 11 is 0. The summed E-state index contributed by atoms with van der Waals surface area (Å²) in [6, 6.07) is 10.4. The molecule has 4 atom stereocenters. The number of hydrazone groups is 1. The first-order valence-electron chi connectivity index (χ1n) is 10.3. The van der Waals surface area contributed by atoms with E-state index in [9.17, 15) is 9.59 Å². The number of allylic oxidation sites excluding steroid dienone is 2. The van der Waals surface area contributed by atoms with Gasteiger partial charge in [-0.25, -0.2) is 0 Å². The van der Waals surface area contributed by atoms with Crippen LogP contribution in [0.25, 0.3) is 5.69 Å². The van der Waals surface area contributed by atoms with Crippen molar-refractivity contribution < 1.29 is 9.59 Å². The maximum Gasteiger partial charge on any atom is 0.254 e. The molecule has 1 aromatic heterocycles. The zero-order valence-electron chi connectivity index (χ0n) is 17.0. The van der Waals surface area contributed by atoms with Crippen LogP contribution >= 0.6 is 0 Å². The standard InChI is InChI=1S/C24H25N3O2/c1-14-4-10-20(11-5-14)26-15(2)12-19(16(26)3)13-25-27-23(28)21-17-6-7-18(9-8-17)22(21)24(27)29/h4-7,10-13,17-18,21-22H,8-9H2,1-3H3/b25-13-/t17-,18-,21-,22-/m0/s1. The number of rotatable bonds is 3. The largest absolute Gasteiger partial charge is 0.318 e. The minimum absolute atomic E-state index is 0.136. The topological polar surface area (TPSA) is 54.7 Å². The Balaban J connectivity index is 1.44. The Morgan fingerprint density at radius 1 is 0.931 bits per heavy atom. The highest BCUT2D eigenvalue weighted by Gasteiger charge is 2.56. The number of hydrogen-bond acceptors (Lipinski definition) is 3. The van der Waals surface area contributed by atoms with Gasteiger partial charge in [0.1, 0.15) is 0 Å². The molecule has 2 heterocycles. The minimum Gasteiger partial charge on any atom is -0.318 e. The van der Waals surface area contributed by atoms with Crippen molar-refractivity contribution in [3.05, 3.63) is 65.0 Å². The third-order valence-electron chi connectivity index (χ3n) is 6.81. The lowest BCUT2D eigenvalue weighted by atomic mass is 9.63. The smallest absolute Gasteiger partial charge is 0.254 e. The van der Waals surface area contributed by atoms with Crippen molar-refractivity contribution in [1.29, 1.82) is 0 Å². The van der Waals surface area contributed by atoms with Crippen molar-refractivity contribution in [2.24, 2.45) is 28.8 Å². The number of benzene rings is 1. The fourth-order valence-electron chi connectivity index (χ4n) is 5.30. The summed E-state index contributed by atoms with van der Waals surface area (Å²) in [5.74, 6) is -0.335. The quantitative estimate of drug-likeness (QED) is 0.455. The molecule has 0 spiro atoms. The first-order valence-corrected chi connectivity index (χ1v) is 10.3. The Hall–Kier alpha value is -2.95. The summed E-state index contributed by atoms with van der Waals surface area (Å²) in [5, 5.41) is 5.50. The molecule has 5 nitrogen and oxygen atoms in total. The van der Waals surface area contributed by atoms with Crippen LogP contribution in [0.1, 0.15) is 35.4 Å². The molecule has 0 N–H and O–H groups in total. The van der Waals surface area contributed by atoms with Crippen molar-refractivity contribution >= 4 is 18.0 Å². The predicted octanol–water partition coefficient (Wildman–Crippen LogP) is 3.93. The maximum absolute atomic E-state index is 12.9. The van der Waals surface area contributed by atoms with E-state index >= 15 is 0 Å². The number of nitrogens with zero attached hydrogens (tertiary/aromatic N) is 3. The van der Waals surface area contributed by atoms with Gasteiger partial charge in [0.05, 0.1) is 18.1 Å². The van der Waals surface area contributed by atoms with Crippen molar-refractivity contribution in [2.45, 2.75) is 33.6 Å². The predicted molar refractivity (Wildman–Crippen MR) is 112 cm³/mol. The molecule has 29 heavy (non-hydrogen) atoms. The zero-order valence-corrected chi connectivity index (χ0v) is 17.0. The number of carbonyl (C=O) groups is 2. The molecule has 1 aliphatic heterocycles. The number of aryl methyl sites for hydroxylation is 2. The van der Waals surface area contributed by atoms with E-state index in [1.54, 1.807) is 6.21 Å². The average Bonchev–Trinajstić information content (AvgIpc) is 3.16. The molecular weight excluding hydrogens is 362 g/mol. The van der Waals surface area contributed by atoms with Gasteiger partial charge in [-0.15, -0.1) is 0 Å². The summed E-state index contributed by atoms with van der Waals surface area (Å²) in [4.78, 5) is 25.8. The second kappa shape index (κ2) is 6.55. The highest BCUT2D eigenvalue weighted by molar-refractivity contribution is 6.06. The normalized spacial score (nSPS) is 28.0. The fraction of sp³-hybridized carbons (Fsp3) is 0.375. The van der Waals surface area contributed by atoms with Crippen molar-refractivity contribution in [2.75, 3.05) is 0 Å². The lowest BCUT2D eigenvalue weighted by Crippen LogP contribution is -2.38. The molecule has 1 aromatic carbocycles. The van der Waals surface area contributed by atoms with E-state index in [1.807, 2.05) is 19.9 Å². The molecule has 2 aromatic rings. The van der Waals surface area contributed by atoms with Crippen LogP contribution in [-0.4, -0.2) is 27.6 Å². The van der Waals surface area contributed by atoms with Gasteiger partial charge >= 0.3 is 0 Å². The molecule has 0 radical (unpaired) electrons. The molecule has 2 amide bonds. The van der Waals surface area contributed by atoms with E-state index in [0.29, 0.717) is 0 Å². The van der Waals surface area contributed by atoms with Crippen molar-refractivity contribution in [3.63, 3.8) is 0 Å². The van der Waals surface area contributed by atoms with Crippen molar-refractivity contribution in [3.8, 4) is 5.69 Å². The van der Waals surface area contributed by atoms with E-state index in [0.717, 1.165) is 40.5 Å². The van der Waals surface area contributed by atoms with E-state index < -0.39 is 0 Å². The lowest BCUT2D eigenvalue weighted by Gasteiger charge is -2.37. The molecule has 4 aliphatic rings. The summed E-state index contributed by atoms with van der Waals surface area (Å²) in [6.45, 7) is 6.15. The Bertz CT molecular complexity index is 1030. The summed E-state index contributed by atoms with van der Waals surface area (Å²) in [7, 11) is 0. The zero-order chi connectivity index (χ0) is 20.3. The summed E-state index contributed by atoms with van der Waals surface area (Å²) < 4.78 is 2.17. The molecule has 0 unspecified atom stereocenters. The van der Waals surface area contributed by atoms with E-state index in [4.69, 9.17) is 0 Å². The Morgan fingerprint density at radius 2 is 1.52 bits per heavy atom. The van der Waals surface area contributed by atoms with Gasteiger partial charge in [-0.3, -0.25) is 9.59 Å². The molecule has 5 heteroatoms. The Morgan fingerprint density at radius 3 is 2.07 bits per heavy atom. The monoisotopic (exact) mass is 387 g/mol. The number of imide groups is 1. The molecule has 6 rings (SSSR count). The van der Waals surface area contributed by atoms with Gasteiger partial charge < -0.3 is 4.57 Å². The average molecular weight is 387 g/mol. The first-order chi connectivity index (χ1) is 14.0. The minimum atomic E-state index is -0.219. The number of hydrogen-bond donors (Lipinski definition) is 0. The summed E-state index contributed by atoms with van der Waals surface area (Å²) in [5.41, 5.74) is 5.34. The Labute approximate surface area is 170 Å². The van der Waals surface area contributed by atoms with Crippen LogP contribution in [0.2, 0.25) is 0 Å². The number of aromatic nitrogens is 1. The maximum atomic E-state index is 12.9. The fourth-order valence-corrected chi connectivity index (χ4v) is 5.30. The second-order valence-electron chi connectivity index (χ2n) is 8.57. The first kappa shape index (κ1) is 18.1. The van der Waals surface area contributed by atoms with Crippen molar-refractivity contribution in [1.82, 2.24) is 9.58 Å². The molecule has 3 aliphatic carbocycles. The molecule has 1 saturated heterocycles. The number of carbonyl (C=O) groups excluding carboxylic acids is 2. The van der Waals surface area contributed by atoms with Gasteiger partial charge in [0.15, 0.2) is 0 Å². The van der Waals surface area contributed by atoms with Crippen LogP contribution < -0.4 is 0 Å². The SMILES string of the molecule is Cc1ccc(-n2c(C)cc(/C=N\N3C(=O)[C@@H]4[C@@H](C3=O)[C@H]3C=C[C@H]4CC3)c2C)cc1. The third-order valence-corrected chi connectivity index (χ3v) is 6.81. The van der Waals surface area contributed by atoms with Crippen LogP contribution in [-0.2, 0) is 9.59 Å². The van der Waals surface area contributed by atoms with Crippen LogP contribution in [0.15, 0.2) is 47.6 Å². The molecule has 1 saturated carbocycles. The van der Waals surface area contributed by atoms with Gasteiger partial charge in [0, 0.05) is 22.6 Å². The molecule has 148 valence electrons. The Kier molecular flexibility index (Phi) is 4.09. The van der Waals surface area contributed by atoms with Crippen LogP contribution in [0, 0.1) is 44.4 Å². The summed E-state index contributed by atoms with van der Waals surface area (Å²) in [6.07, 6.45) is 7.91. The van der Waals surface area contributed by atoms with Crippen LogP contribution in [0.4, 0.5) is 0 Å². The van der Waals surface area contributed by atoms with Gasteiger partial charge in [-0.05, 0) is 63.6 Å². The van der Waals surface area contributed by atoms with Crippen LogP contribution in [0.5, 0.6) is 0 Å². The third kappa shape index (κ3) is 2.71. The number of amides is 2. The second-order valence-corrected chi connectivity index (χ2v) is 8.57. The highest BCUT2D eigenvalue weighted by atomic mass is 16.2. The molecule has 2 bridgehead atoms. The van der Waals surface area contributed by atoms with Gasteiger partial charge in [0.25, 0.3) is 11.8 Å².